The van der Waals surface area contributed by atoms with E-state index in [1.54, 1.807) is 7.05 Å². The van der Waals surface area contributed by atoms with Crippen molar-refractivity contribution >= 4 is 41.0 Å². The van der Waals surface area contributed by atoms with Crippen molar-refractivity contribution in [1.82, 2.24) is 20.6 Å². The zero-order chi connectivity index (χ0) is 18.8. The molecule has 1 aromatic carbocycles. The Bertz CT molecular complexity index is 653. The lowest BCUT2D eigenvalue weighted by atomic mass is 10.0. The minimum Gasteiger partial charge on any atom is -0.378 e. The Kier molecular flexibility index (Phi) is 11.3. The summed E-state index contributed by atoms with van der Waals surface area (Å²) in [5.74, 6) is 2.40. The number of nitrogens with zero attached hydrogens (tertiary/aromatic N) is 2. The van der Waals surface area contributed by atoms with Gasteiger partial charge in [-0.3, -0.25) is 4.99 Å². The fraction of sp³-hybridized carbons (Fsp3) is 0.600. The number of halogens is 1. The molecule has 0 aliphatic heterocycles. The molecule has 27 heavy (non-hydrogen) atoms. The van der Waals surface area contributed by atoms with Crippen LogP contribution in [0, 0.1) is 5.92 Å². The van der Waals surface area contributed by atoms with Crippen LogP contribution in [-0.4, -0.2) is 48.8 Å². The SMILES string of the molecule is CCOC(CCNC(=NC)NCCCc1nc2ccccc2[nH]1)C(C)C.I. The first-order valence-corrected chi connectivity index (χ1v) is 9.63. The van der Waals surface area contributed by atoms with E-state index in [-0.39, 0.29) is 24.0 Å². The van der Waals surface area contributed by atoms with Gasteiger partial charge in [-0.15, -0.1) is 24.0 Å². The fourth-order valence-electron chi connectivity index (χ4n) is 2.96. The number of ether oxygens (including phenoxy) is 1. The van der Waals surface area contributed by atoms with Crippen molar-refractivity contribution in [3.63, 3.8) is 0 Å². The van der Waals surface area contributed by atoms with Gasteiger partial charge in [0.05, 0.1) is 17.1 Å². The first kappa shape index (κ1) is 23.7. The molecule has 0 spiro atoms. The normalized spacial score (nSPS) is 12.9. The number of hydrogen-bond donors (Lipinski definition) is 3. The highest BCUT2D eigenvalue weighted by Crippen LogP contribution is 2.11. The first-order chi connectivity index (χ1) is 12.6. The number of rotatable bonds is 10. The van der Waals surface area contributed by atoms with E-state index in [2.05, 4.69) is 45.5 Å². The molecule has 1 atom stereocenters. The number of aryl methyl sites for hydroxylation is 1. The lowest BCUT2D eigenvalue weighted by molar-refractivity contribution is 0.0258. The average molecular weight is 487 g/mol. The Balaban J connectivity index is 0.00000364. The van der Waals surface area contributed by atoms with Crippen molar-refractivity contribution in [2.45, 2.75) is 46.1 Å². The van der Waals surface area contributed by atoms with E-state index in [1.165, 1.54) is 0 Å². The lowest BCUT2D eigenvalue weighted by Gasteiger charge is -2.21. The van der Waals surface area contributed by atoms with Gasteiger partial charge in [0.2, 0.25) is 0 Å². The van der Waals surface area contributed by atoms with Gasteiger partial charge in [0.25, 0.3) is 0 Å². The van der Waals surface area contributed by atoms with Gasteiger partial charge < -0.3 is 20.4 Å². The number of benzene rings is 1. The second-order valence-corrected chi connectivity index (χ2v) is 6.76. The minimum absolute atomic E-state index is 0. The molecule has 0 bridgehead atoms. The molecule has 6 nitrogen and oxygen atoms in total. The van der Waals surface area contributed by atoms with E-state index in [9.17, 15) is 0 Å². The summed E-state index contributed by atoms with van der Waals surface area (Å²) in [6, 6.07) is 8.13. The van der Waals surface area contributed by atoms with Gasteiger partial charge in [0.1, 0.15) is 5.82 Å². The highest BCUT2D eigenvalue weighted by Gasteiger charge is 2.12. The molecule has 3 N–H and O–H groups in total. The van der Waals surface area contributed by atoms with Crippen LogP contribution in [0.5, 0.6) is 0 Å². The van der Waals surface area contributed by atoms with Crippen LogP contribution in [0.2, 0.25) is 0 Å². The Morgan fingerprint density at radius 2 is 1.96 bits per heavy atom. The maximum absolute atomic E-state index is 5.78. The minimum atomic E-state index is 0. The summed E-state index contributed by atoms with van der Waals surface area (Å²) in [5, 5.41) is 6.73. The third-order valence-corrected chi connectivity index (χ3v) is 4.39. The molecule has 0 amide bonds. The van der Waals surface area contributed by atoms with E-state index in [0.717, 1.165) is 61.8 Å². The monoisotopic (exact) mass is 487 g/mol. The predicted octanol–water partition coefficient (Wildman–Crippen LogP) is 3.73. The zero-order valence-electron chi connectivity index (χ0n) is 16.9. The van der Waals surface area contributed by atoms with Crippen molar-refractivity contribution < 1.29 is 4.74 Å². The Morgan fingerprint density at radius 1 is 1.22 bits per heavy atom. The molecule has 1 unspecified atom stereocenters. The van der Waals surface area contributed by atoms with Crippen LogP contribution >= 0.6 is 24.0 Å². The first-order valence-electron chi connectivity index (χ1n) is 9.63. The quantitative estimate of drug-likeness (QED) is 0.207. The molecule has 0 aliphatic rings. The summed E-state index contributed by atoms with van der Waals surface area (Å²) in [6.07, 6.45) is 3.18. The summed E-state index contributed by atoms with van der Waals surface area (Å²) in [4.78, 5) is 12.3. The second-order valence-electron chi connectivity index (χ2n) is 6.76. The molecule has 0 aliphatic carbocycles. The molecule has 1 heterocycles. The number of aliphatic imine (C=N–C) groups is 1. The van der Waals surface area contributed by atoms with Crippen LogP contribution in [0.4, 0.5) is 0 Å². The van der Waals surface area contributed by atoms with E-state index >= 15 is 0 Å². The molecule has 2 rings (SSSR count). The number of nitrogens with one attached hydrogen (secondary N) is 3. The standard InChI is InChI=1S/C20H33N5O.HI/c1-5-26-18(15(2)3)12-14-23-20(21-4)22-13-8-11-19-24-16-9-6-7-10-17(16)25-19;/h6-7,9-10,15,18H,5,8,11-14H2,1-4H3,(H,24,25)(H2,21,22,23);1H. The topological polar surface area (TPSA) is 74.3 Å². The number of hydrogen-bond acceptors (Lipinski definition) is 3. The summed E-state index contributed by atoms with van der Waals surface area (Å²) in [5.41, 5.74) is 2.13. The van der Waals surface area contributed by atoms with Gasteiger partial charge in [0, 0.05) is 33.2 Å². The number of H-pyrrole nitrogens is 1. The zero-order valence-corrected chi connectivity index (χ0v) is 19.2. The molecule has 0 fully saturated rings. The van der Waals surface area contributed by atoms with Crippen molar-refractivity contribution in [3.8, 4) is 0 Å². The number of guanidine groups is 1. The van der Waals surface area contributed by atoms with E-state index in [0.29, 0.717) is 12.0 Å². The van der Waals surface area contributed by atoms with E-state index in [4.69, 9.17) is 4.74 Å². The molecule has 7 heteroatoms. The van der Waals surface area contributed by atoms with Crippen molar-refractivity contribution in [2.24, 2.45) is 10.9 Å². The Labute approximate surface area is 180 Å². The molecule has 0 saturated heterocycles. The van der Waals surface area contributed by atoms with Gasteiger partial charge in [-0.1, -0.05) is 26.0 Å². The average Bonchev–Trinajstić information content (AvgIpc) is 3.05. The largest absolute Gasteiger partial charge is 0.378 e. The molecule has 2 aromatic rings. The predicted molar refractivity (Wildman–Crippen MR) is 124 cm³/mol. The lowest BCUT2D eigenvalue weighted by Crippen LogP contribution is -2.39. The van der Waals surface area contributed by atoms with Gasteiger partial charge in [-0.2, -0.15) is 0 Å². The Morgan fingerprint density at radius 3 is 2.63 bits per heavy atom. The number of fused-ring (bicyclic) bond motifs is 1. The summed E-state index contributed by atoms with van der Waals surface area (Å²) >= 11 is 0. The van der Waals surface area contributed by atoms with Gasteiger partial charge in [-0.25, -0.2) is 4.98 Å². The smallest absolute Gasteiger partial charge is 0.190 e. The summed E-state index contributed by atoms with van der Waals surface area (Å²) < 4.78 is 5.78. The van der Waals surface area contributed by atoms with Crippen LogP contribution in [0.25, 0.3) is 11.0 Å². The second kappa shape index (κ2) is 12.9. The van der Waals surface area contributed by atoms with E-state index < -0.39 is 0 Å². The third-order valence-electron chi connectivity index (χ3n) is 4.39. The molecular weight excluding hydrogens is 453 g/mol. The van der Waals surface area contributed by atoms with Crippen LogP contribution < -0.4 is 10.6 Å². The maximum atomic E-state index is 5.78. The molecule has 152 valence electrons. The third kappa shape index (κ3) is 8.04. The van der Waals surface area contributed by atoms with Gasteiger partial charge >= 0.3 is 0 Å². The van der Waals surface area contributed by atoms with Crippen LogP contribution in [0.15, 0.2) is 29.3 Å². The summed E-state index contributed by atoms with van der Waals surface area (Å²) in [6.45, 7) is 8.92. The number of aromatic nitrogens is 2. The molecule has 0 radical (unpaired) electrons. The van der Waals surface area contributed by atoms with Crippen molar-refractivity contribution in [1.29, 1.82) is 0 Å². The van der Waals surface area contributed by atoms with Gasteiger partial charge in [0.15, 0.2) is 5.96 Å². The fourth-order valence-corrected chi connectivity index (χ4v) is 2.96. The van der Waals surface area contributed by atoms with Crippen LogP contribution in [0.3, 0.4) is 0 Å². The van der Waals surface area contributed by atoms with Crippen LogP contribution in [0.1, 0.15) is 39.4 Å². The Hall–Kier alpha value is -1.35. The van der Waals surface area contributed by atoms with E-state index in [1.807, 2.05) is 25.1 Å². The van der Waals surface area contributed by atoms with Crippen molar-refractivity contribution in [3.05, 3.63) is 30.1 Å². The number of aromatic amines is 1. The molecule has 1 aromatic heterocycles. The number of imidazole rings is 1. The summed E-state index contributed by atoms with van der Waals surface area (Å²) in [7, 11) is 1.80. The highest BCUT2D eigenvalue weighted by molar-refractivity contribution is 14.0. The van der Waals surface area contributed by atoms with Crippen molar-refractivity contribution in [2.75, 3.05) is 26.7 Å². The van der Waals surface area contributed by atoms with Gasteiger partial charge in [-0.05, 0) is 37.8 Å². The molecule has 0 saturated carbocycles. The highest BCUT2D eigenvalue weighted by atomic mass is 127. The number of para-hydroxylation sites is 2. The van der Waals surface area contributed by atoms with Crippen LogP contribution in [-0.2, 0) is 11.2 Å². The maximum Gasteiger partial charge on any atom is 0.190 e. The molecular formula is C20H34IN5O.